The molecule has 0 spiro atoms. The fraction of sp³-hybridized carbons (Fsp3) is 0.600. The molecule has 1 saturated heterocycles. The van der Waals surface area contributed by atoms with E-state index in [9.17, 15) is 0 Å². The summed E-state index contributed by atoms with van der Waals surface area (Å²) in [5.41, 5.74) is 2.38. The van der Waals surface area contributed by atoms with E-state index in [2.05, 4.69) is 68.7 Å². The van der Waals surface area contributed by atoms with Crippen LogP contribution in [0.4, 0.5) is 0 Å². The maximum Gasteiger partial charge on any atom is 0.152 e. The number of piperidine rings is 1. The quantitative estimate of drug-likeness (QED) is 0.733. The second-order valence-corrected chi connectivity index (χ2v) is 8.87. The Labute approximate surface area is 166 Å². The Hall–Kier alpha value is -2.48. The van der Waals surface area contributed by atoms with Gasteiger partial charge < -0.3 is 9.13 Å². The SMILES string of the molecule is Cn1c(Cn2ccnc2)nnc1C1CCCN(Cc2cc(C(C)(C)C)n[nH]2)C1. The van der Waals surface area contributed by atoms with Crippen molar-refractivity contribution < 1.29 is 0 Å². The summed E-state index contributed by atoms with van der Waals surface area (Å²) in [7, 11) is 2.07. The molecule has 0 amide bonds. The largest absolute Gasteiger partial charge is 0.330 e. The van der Waals surface area contributed by atoms with Crippen LogP contribution in [0.1, 0.15) is 62.6 Å². The Morgan fingerprint density at radius 1 is 1.21 bits per heavy atom. The summed E-state index contributed by atoms with van der Waals surface area (Å²) in [5, 5.41) is 16.7. The van der Waals surface area contributed by atoms with Crippen molar-refractivity contribution in [2.24, 2.45) is 7.05 Å². The van der Waals surface area contributed by atoms with Gasteiger partial charge in [-0.25, -0.2) is 4.98 Å². The standard InChI is InChI=1S/C20H30N8/c1-20(2,3)17-10-16(22-23-17)12-27-8-5-6-15(11-27)19-25-24-18(26(19)4)13-28-9-7-21-14-28/h7,9-10,14-15H,5-6,8,11-13H2,1-4H3,(H,22,23). The first-order valence-corrected chi connectivity index (χ1v) is 10.0. The molecule has 0 bridgehead atoms. The summed E-state index contributed by atoms with van der Waals surface area (Å²) in [6, 6.07) is 2.20. The number of aromatic nitrogens is 7. The highest BCUT2D eigenvalue weighted by Gasteiger charge is 2.27. The maximum atomic E-state index is 4.53. The lowest BCUT2D eigenvalue weighted by Crippen LogP contribution is -2.35. The van der Waals surface area contributed by atoms with Gasteiger partial charge in [-0.3, -0.25) is 10.00 Å². The normalized spacial score (nSPS) is 18.6. The summed E-state index contributed by atoms with van der Waals surface area (Å²) in [5.74, 6) is 2.46. The Morgan fingerprint density at radius 2 is 2.07 bits per heavy atom. The lowest BCUT2D eigenvalue weighted by molar-refractivity contribution is 0.193. The molecule has 1 fully saturated rings. The number of nitrogens with one attached hydrogen (secondary N) is 1. The third kappa shape index (κ3) is 4.01. The van der Waals surface area contributed by atoms with Crippen LogP contribution in [0.25, 0.3) is 0 Å². The maximum absolute atomic E-state index is 4.53. The Kier molecular flexibility index (Phi) is 5.05. The number of rotatable bonds is 5. The topological polar surface area (TPSA) is 80.4 Å². The molecule has 0 saturated carbocycles. The summed E-state index contributed by atoms with van der Waals surface area (Å²) < 4.78 is 4.17. The van der Waals surface area contributed by atoms with Crippen LogP contribution in [0.15, 0.2) is 24.8 Å². The van der Waals surface area contributed by atoms with E-state index in [1.807, 2.05) is 17.1 Å². The summed E-state index contributed by atoms with van der Waals surface area (Å²) in [6.07, 6.45) is 7.88. The highest BCUT2D eigenvalue weighted by atomic mass is 15.3. The van der Waals surface area contributed by atoms with E-state index < -0.39 is 0 Å². The minimum Gasteiger partial charge on any atom is -0.330 e. The van der Waals surface area contributed by atoms with Crippen LogP contribution in [-0.2, 0) is 25.6 Å². The molecule has 8 nitrogen and oxygen atoms in total. The van der Waals surface area contributed by atoms with Gasteiger partial charge >= 0.3 is 0 Å². The molecule has 8 heteroatoms. The van der Waals surface area contributed by atoms with Crippen LogP contribution in [-0.4, -0.2) is 52.5 Å². The molecule has 1 atom stereocenters. The van der Waals surface area contributed by atoms with E-state index in [4.69, 9.17) is 0 Å². The molecular formula is C20H30N8. The van der Waals surface area contributed by atoms with Gasteiger partial charge in [0.1, 0.15) is 5.82 Å². The first kappa shape index (κ1) is 18.9. The molecule has 28 heavy (non-hydrogen) atoms. The minimum absolute atomic E-state index is 0.0729. The first-order valence-electron chi connectivity index (χ1n) is 10.0. The van der Waals surface area contributed by atoms with E-state index in [1.165, 1.54) is 12.1 Å². The molecule has 3 aromatic rings. The molecule has 1 N–H and O–H groups in total. The van der Waals surface area contributed by atoms with E-state index >= 15 is 0 Å². The van der Waals surface area contributed by atoms with Crippen LogP contribution < -0.4 is 0 Å². The number of aromatic amines is 1. The van der Waals surface area contributed by atoms with Gasteiger partial charge in [0.05, 0.1) is 18.6 Å². The van der Waals surface area contributed by atoms with Gasteiger partial charge in [0.15, 0.2) is 5.82 Å². The second-order valence-electron chi connectivity index (χ2n) is 8.87. The molecule has 4 heterocycles. The molecule has 0 radical (unpaired) electrons. The predicted octanol–water partition coefficient (Wildman–Crippen LogP) is 2.46. The van der Waals surface area contributed by atoms with Gasteiger partial charge in [0, 0.05) is 49.6 Å². The van der Waals surface area contributed by atoms with Crippen molar-refractivity contribution in [3.05, 3.63) is 47.8 Å². The van der Waals surface area contributed by atoms with E-state index in [0.717, 1.165) is 43.4 Å². The summed E-state index contributed by atoms with van der Waals surface area (Å²) >= 11 is 0. The molecule has 4 rings (SSSR count). The second kappa shape index (κ2) is 7.50. The van der Waals surface area contributed by atoms with Crippen LogP contribution >= 0.6 is 0 Å². The third-order valence-electron chi connectivity index (χ3n) is 5.55. The van der Waals surface area contributed by atoms with Gasteiger partial charge in [-0.05, 0) is 25.5 Å². The number of hydrogen-bond donors (Lipinski definition) is 1. The Morgan fingerprint density at radius 3 is 2.79 bits per heavy atom. The molecule has 1 unspecified atom stereocenters. The molecule has 150 valence electrons. The van der Waals surface area contributed by atoms with Crippen molar-refractivity contribution in [1.29, 1.82) is 0 Å². The number of nitrogens with zero attached hydrogens (tertiary/aromatic N) is 7. The van der Waals surface area contributed by atoms with Crippen LogP contribution in [0.3, 0.4) is 0 Å². The predicted molar refractivity (Wildman–Crippen MR) is 107 cm³/mol. The molecule has 0 aromatic carbocycles. The van der Waals surface area contributed by atoms with Gasteiger partial charge in [-0.1, -0.05) is 20.8 Å². The monoisotopic (exact) mass is 382 g/mol. The third-order valence-corrected chi connectivity index (χ3v) is 5.55. The van der Waals surface area contributed by atoms with E-state index in [1.54, 1.807) is 6.20 Å². The fourth-order valence-corrected chi connectivity index (χ4v) is 3.89. The Bertz CT molecular complexity index is 899. The molecule has 3 aromatic heterocycles. The lowest BCUT2D eigenvalue weighted by atomic mass is 9.92. The van der Waals surface area contributed by atoms with E-state index in [-0.39, 0.29) is 5.41 Å². The lowest BCUT2D eigenvalue weighted by Gasteiger charge is -2.31. The van der Waals surface area contributed by atoms with Crippen LogP contribution in [0.5, 0.6) is 0 Å². The Balaban J connectivity index is 1.42. The van der Waals surface area contributed by atoms with Crippen molar-refractivity contribution in [3.63, 3.8) is 0 Å². The molecular weight excluding hydrogens is 352 g/mol. The zero-order valence-corrected chi connectivity index (χ0v) is 17.3. The molecule has 1 aliphatic heterocycles. The van der Waals surface area contributed by atoms with Crippen molar-refractivity contribution in [2.45, 2.75) is 58.0 Å². The summed E-state index contributed by atoms with van der Waals surface area (Å²) in [6.45, 7) is 10.3. The summed E-state index contributed by atoms with van der Waals surface area (Å²) in [4.78, 5) is 6.60. The van der Waals surface area contributed by atoms with Crippen LogP contribution in [0, 0.1) is 0 Å². The van der Waals surface area contributed by atoms with Crippen molar-refractivity contribution in [3.8, 4) is 0 Å². The zero-order chi connectivity index (χ0) is 19.7. The average molecular weight is 383 g/mol. The van der Waals surface area contributed by atoms with Crippen molar-refractivity contribution in [1.82, 2.24) is 39.4 Å². The van der Waals surface area contributed by atoms with Gasteiger partial charge in [0.25, 0.3) is 0 Å². The number of imidazole rings is 1. The van der Waals surface area contributed by atoms with Crippen LogP contribution in [0.2, 0.25) is 0 Å². The minimum atomic E-state index is 0.0729. The highest BCUT2D eigenvalue weighted by Crippen LogP contribution is 2.27. The zero-order valence-electron chi connectivity index (χ0n) is 17.3. The van der Waals surface area contributed by atoms with Gasteiger partial charge in [-0.15, -0.1) is 10.2 Å². The smallest absolute Gasteiger partial charge is 0.152 e. The average Bonchev–Trinajstić information content (AvgIpc) is 3.38. The van der Waals surface area contributed by atoms with E-state index in [0.29, 0.717) is 12.5 Å². The number of hydrogen-bond acceptors (Lipinski definition) is 5. The molecule has 1 aliphatic rings. The van der Waals surface area contributed by atoms with Gasteiger partial charge in [0.2, 0.25) is 0 Å². The number of H-pyrrole nitrogens is 1. The first-order chi connectivity index (χ1) is 13.4. The van der Waals surface area contributed by atoms with Crippen molar-refractivity contribution in [2.75, 3.05) is 13.1 Å². The fourth-order valence-electron chi connectivity index (χ4n) is 3.89. The highest BCUT2D eigenvalue weighted by molar-refractivity contribution is 5.16. The van der Waals surface area contributed by atoms with Crippen molar-refractivity contribution >= 4 is 0 Å². The molecule has 0 aliphatic carbocycles. The number of likely N-dealkylation sites (tertiary alicyclic amines) is 1. The van der Waals surface area contributed by atoms with Gasteiger partial charge in [-0.2, -0.15) is 5.10 Å².